The van der Waals surface area contributed by atoms with Gasteiger partial charge in [-0.15, -0.1) is 0 Å². The number of rotatable bonds is 2. The molecule has 0 bridgehead atoms. The molecule has 0 unspecified atom stereocenters. The predicted octanol–water partition coefficient (Wildman–Crippen LogP) is 2.34. The molecule has 0 heterocycles. The molecule has 1 aromatic carbocycles. The Morgan fingerprint density at radius 1 is 1.46 bits per heavy atom. The third-order valence-electron chi connectivity index (χ3n) is 1.32. The van der Waals surface area contributed by atoms with Crippen LogP contribution in [0.4, 0.5) is 4.39 Å². The standard InChI is InChI=1S/C7H2Cl3FOSe/c8-4-2-6(13-10)3(7(9)12)1-5(4)11/h1-2H. The molecule has 0 aliphatic heterocycles. The molecule has 0 aliphatic carbocycles. The van der Waals surface area contributed by atoms with Crippen molar-refractivity contribution in [2.24, 2.45) is 0 Å². The van der Waals surface area contributed by atoms with Gasteiger partial charge in [0.1, 0.15) is 0 Å². The molecule has 0 amide bonds. The van der Waals surface area contributed by atoms with E-state index in [0.717, 1.165) is 6.07 Å². The van der Waals surface area contributed by atoms with Gasteiger partial charge in [-0.1, -0.05) is 0 Å². The summed E-state index contributed by atoms with van der Waals surface area (Å²) in [5.74, 6) is -0.671. The van der Waals surface area contributed by atoms with Gasteiger partial charge >= 0.3 is 94.8 Å². The van der Waals surface area contributed by atoms with Crippen molar-refractivity contribution in [3.63, 3.8) is 0 Å². The van der Waals surface area contributed by atoms with Crippen LogP contribution in [0.15, 0.2) is 12.1 Å². The Labute approximate surface area is 94.5 Å². The SMILES string of the molecule is O=C(Cl)c1cc(F)c(Cl)cc1[Se]Cl. The van der Waals surface area contributed by atoms with Gasteiger partial charge in [0.2, 0.25) is 0 Å². The minimum absolute atomic E-state index is 0.0563. The van der Waals surface area contributed by atoms with Crippen molar-refractivity contribution in [1.82, 2.24) is 0 Å². The maximum absolute atomic E-state index is 12.9. The van der Waals surface area contributed by atoms with E-state index in [-0.39, 0.29) is 10.6 Å². The predicted molar refractivity (Wildman–Crippen MR) is 52.8 cm³/mol. The summed E-state index contributed by atoms with van der Waals surface area (Å²) in [6.45, 7) is 0. The van der Waals surface area contributed by atoms with Crippen LogP contribution in [-0.4, -0.2) is 19.3 Å². The van der Waals surface area contributed by atoms with E-state index in [1.807, 2.05) is 0 Å². The number of carbonyl (C=O) groups is 1. The normalized spacial score (nSPS) is 10.2. The summed E-state index contributed by atoms with van der Waals surface area (Å²) >= 11 is 10.2. The van der Waals surface area contributed by atoms with E-state index in [1.165, 1.54) is 6.07 Å². The molecule has 0 radical (unpaired) electrons. The van der Waals surface area contributed by atoms with Crippen LogP contribution in [0.2, 0.25) is 5.02 Å². The Bertz CT molecular complexity index is 356. The van der Waals surface area contributed by atoms with Crippen LogP contribution in [0.5, 0.6) is 0 Å². The van der Waals surface area contributed by atoms with Crippen molar-refractivity contribution in [2.75, 3.05) is 0 Å². The number of hydrogen-bond donors (Lipinski definition) is 0. The molecule has 0 aromatic heterocycles. The van der Waals surface area contributed by atoms with E-state index in [9.17, 15) is 9.18 Å². The zero-order chi connectivity index (χ0) is 10.0. The quantitative estimate of drug-likeness (QED) is 0.605. The summed E-state index contributed by atoms with van der Waals surface area (Å²) in [4.78, 5) is 10.8. The van der Waals surface area contributed by atoms with E-state index < -0.39 is 25.1 Å². The topological polar surface area (TPSA) is 17.1 Å². The van der Waals surface area contributed by atoms with Crippen molar-refractivity contribution in [3.8, 4) is 0 Å². The van der Waals surface area contributed by atoms with Gasteiger partial charge in [0.25, 0.3) is 0 Å². The van der Waals surface area contributed by atoms with Crippen molar-refractivity contribution in [2.45, 2.75) is 0 Å². The molecule has 0 spiro atoms. The van der Waals surface area contributed by atoms with Gasteiger partial charge in [-0.3, -0.25) is 0 Å². The fourth-order valence-electron chi connectivity index (χ4n) is 0.746. The van der Waals surface area contributed by atoms with E-state index >= 15 is 0 Å². The van der Waals surface area contributed by atoms with Crippen molar-refractivity contribution in [1.29, 1.82) is 0 Å². The fourth-order valence-corrected chi connectivity index (χ4v) is 2.84. The summed E-state index contributed by atoms with van der Waals surface area (Å²) < 4.78 is 13.4. The molecule has 0 fully saturated rings. The Hall–Kier alpha value is 0.209. The van der Waals surface area contributed by atoms with E-state index in [2.05, 4.69) is 0 Å². The van der Waals surface area contributed by atoms with Crippen LogP contribution < -0.4 is 4.46 Å². The average Bonchev–Trinajstić information content (AvgIpc) is 2.08. The van der Waals surface area contributed by atoms with E-state index in [1.54, 1.807) is 0 Å². The molecule has 1 rings (SSSR count). The van der Waals surface area contributed by atoms with Crippen LogP contribution in [0, 0.1) is 5.82 Å². The van der Waals surface area contributed by atoms with Crippen molar-refractivity contribution >= 4 is 57.0 Å². The van der Waals surface area contributed by atoms with Crippen LogP contribution in [0.25, 0.3) is 0 Å². The van der Waals surface area contributed by atoms with Gasteiger partial charge < -0.3 is 0 Å². The second-order valence-corrected chi connectivity index (χ2v) is 4.91. The zero-order valence-electron chi connectivity index (χ0n) is 5.98. The number of hydrogen-bond acceptors (Lipinski definition) is 1. The second-order valence-electron chi connectivity index (χ2n) is 2.11. The summed E-state index contributed by atoms with van der Waals surface area (Å²) in [5.41, 5.74) is 0.0820. The second kappa shape index (κ2) is 4.63. The molecule has 6 heteroatoms. The molecular formula is C7H2Cl3FOSe. The van der Waals surface area contributed by atoms with Crippen molar-refractivity contribution < 1.29 is 9.18 Å². The van der Waals surface area contributed by atoms with Gasteiger partial charge in [-0.05, 0) is 0 Å². The molecule has 0 N–H and O–H groups in total. The Kier molecular flexibility index (Phi) is 4.02. The van der Waals surface area contributed by atoms with Gasteiger partial charge in [0.15, 0.2) is 0 Å². The summed E-state index contributed by atoms with van der Waals surface area (Å²) in [6.07, 6.45) is 0. The first-order chi connectivity index (χ1) is 6.06. The van der Waals surface area contributed by atoms with Gasteiger partial charge in [-0.2, -0.15) is 0 Å². The molecule has 13 heavy (non-hydrogen) atoms. The molecule has 0 saturated heterocycles. The van der Waals surface area contributed by atoms with Crippen LogP contribution in [-0.2, 0) is 0 Å². The van der Waals surface area contributed by atoms with Gasteiger partial charge in [0, 0.05) is 0 Å². The summed E-state index contributed by atoms with van der Waals surface area (Å²) in [6, 6.07) is 2.32. The van der Waals surface area contributed by atoms with Gasteiger partial charge in [0.05, 0.1) is 0 Å². The first kappa shape index (κ1) is 11.3. The Balaban J connectivity index is 3.33. The summed E-state index contributed by atoms with van der Waals surface area (Å²) in [5, 5.41) is -0.785. The Morgan fingerprint density at radius 3 is 2.54 bits per heavy atom. The van der Waals surface area contributed by atoms with Crippen LogP contribution in [0.1, 0.15) is 10.4 Å². The number of halogens is 4. The molecule has 70 valence electrons. The first-order valence-electron chi connectivity index (χ1n) is 3.03. The van der Waals surface area contributed by atoms with Crippen LogP contribution >= 0.6 is 33.3 Å². The minimum atomic E-state index is -0.729. The van der Waals surface area contributed by atoms with E-state index in [4.69, 9.17) is 33.3 Å². The molecule has 1 nitrogen and oxygen atoms in total. The third kappa shape index (κ3) is 2.58. The molecule has 0 atom stereocenters. The summed E-state index contributed by atoms with van der Waals surface area (Å²) in [7, 11) is 5.57. The average molecular weight is 306 g/mol. The molecule has 1 aromatic rings. The zero-order valence-corrected chi connectivity index (χ0v) is 9.96. The Morgan fingerprint density at radius 2 is 2.08 bits per heavy atom. The maximum atomic E-state index is 12.9. The molecular weight excluding hydrogens is 304 g/mol. The fraction of sp³-hybridized carbons (Fsp3) is 0. The van der Waals surface area contributed by atoms with Crippen molar-refractivity contribution in [3.05, 3.63) is 28.5 Å². The van der Waals surface area contributed by atoms with Gasteiger partial charge in [-0.25, -0.2) is 0 Å². The number of carbonyl (C=O) groups excluding carboxylic acids is 1. The van der Waals surface area contributed by atoms with E-state index in [0.29, 0.717) is 4.46 Å². The molecule has 0 saturated carbocycles. The monoisotopic (exact) mass is 306 g/mol. The number of benzene rings is 1. The van der Waals surface area contributed by atoms with Crippen LogP contribution in [0.3, 0.4) is 0 Å². The third-order valence-corrected chi connectivity index (χ3v) is 3.73. The first-order valence-corrected chi connectivity index (χ1v) is 6.90. The molecule has 0 aliphatic rings.